The minimum absolute atomic E-state index is 0.177. The van der Waals surface area contributed by atoms with E-state index >= 15 is 0 Å². The molecule has 0 aromatic rings. The molecular formula is C16H22N2O2. The number of nitrogens with zero attached hydrogens (tertiary/aromatic N) is 1. The maximum Gasteiger partial charge on any atom is 0.151 e. The van der Waals surface area contributed by atoms with Gasteiger partial charge in [-0.25, -0.2) is 0 Å². The van der Waals surface area contributed by atoms with Crippen LogP contribution in [0.4, 0.5) is 0 Å². The molecule has 1 heterocycles. The van der Waals surface area contributed by atoms with Crippen LogP contribution in [0.25, 0.3) is 0 Å². The minimum atomic E-state index is -0.452. The van der Waals surface area contributed by atoms with Gasteiger partial charge in [0.15, 0.2) is 6.23 Å². The minimum Gasteiger partial charge on any atom is -0.355 e. The van der Waals surface area contributed by atoms with Gasteiger partial charge in [-0.2, -0.15) is 0 Å². The molecule has 0 amide bonds. The molecule has 0 bridgehead atoms. The highest BCUT2D eigenvalue weighted by Crippen LogP contribution is 2.25. The number of aldehydes is 1. The second kappa shape index (κ2) is 6.27. The maximum atomic E-state index is 10.8. The lowest BCUT2D eigenvalue weighted by Crippen LogP contribution is -2.26. The normalized spacial score (nSPS) is 26.5. The lowest BCUT2D eigenvalue weighted by Gasteiger charge is -2.24. The molecule has 0 spiro atoms. The number of rotatable bonds is 5. The van der Waals surface area contributed by atoms with E-state index in [1.54, 1.807) is 0 Å². The van der Waals surface area contributed by atoms with Gasteiger partial charge in [-0.1, -0.05) is 26.0 Å². The summed E-state index contributed by atoms with van der Waals surface area (Å²) in [5, 5.41) is 7.57. The lowest BCUT2D eigenvalue weighted by molar-refractivity contribution is -0.118. The highest BCUT2D eigenvalue weighted by atomic mass is 16.5. The fraction of sp³-hybridized carbons (Fsp3) is 0.562. The van der Waals surface area contributed by atoms with E-state index in [-0.39, 0.29) is 6.23 Å². The molecule has 2 atom stereocenters. The Bertz CT molecular complexity index is 475. The van der Waals surface area contributed by atoms with E-state index in [4.69, 9.17) is 10.1 Å². The first-order chi connectivity index (χ1) is 9.50. The van der Waals surface area contributed by atoms with Crippen LogP contribution in [0.15, 0.2) is 28.8 Å². The summed E-state index contributed by atoms with van der Waals surface area (Å²) in [5.41, 5.74) is 1.46. The number of carbonyl (C=O) groups excluding carboxylic acids is 1. The van der Waals surface area contributed by atoms with Gasteiger partial charge in [-0.3, -0.25) is 4.99 Å². The summed E-state index contributed by atoms with van der Waals surface area (Å²) in [6.07, 6.45) is 11.3. The van der Waals surface area contributed by atoms with Crippen LogP contribution in [0.5, 0.6) is 0 Å². The van der Waals surface area contributed by atoms with E-state index in [1.807, 2.05) is 26.1 Å². The molecular weight excluding hydrogens is 252 g/mol. The number of dihydropyridines is 1. The topological polar surface area (TPSA) is 62.5 Å². The number of nitrogens with one attached hydrogen (secondary N) is 1. The van der Waals surface area contributed by atoms with E-state index < -0.39 is 5.41 Å². The Morgan fingerprint density at radius 3 is 2.90 bits per heavy atom. The van der Waals surface area contributed by atoms with Crippen molar-refractivity contribution < 1.29 is 9.53 Å². The summed E-state index contributed by atoms with van der Waals surface area (Å²) >= 11 is 0. The Hall–Kier alpha value is -1.55. The molecule has 0 aromatic carbocycles. The smallest absolute Gasteiger partial charge is 0.151 e. The Balaban J connectivity index is 1.85. The zero-order valence-corrected chi connectivity index (χ0v) is 12.1. The van der Waals surface area contributed by atoms with Crippen molar-refractivity contribution in [3.63, 3.8) is 0 Å². The summed E-state index contributed by atoms with van der Waals surface area (Å²) in [7, 11) is 0. The van der Waals surface area contributed by atoms with Crippen LogP contribution < -0.4 is 0 Å². The van der Waals surface area contributed by atoms with E-state index in [0.29, 0.717) is 18.2 Å². The van der Waals surface area contributed by atoms with Gasteiger partial charge < -0.3 is 14.9 Å². The summed E-state index contributed by atoms with van der Waals surface area (Å²) in [6, 6.07) is 0. The monoisotopic (exact) mass is 274 g/mol. The van der Waals surface area contributed by atoms with Crippen LogP contribution in [0.3, 0.4) is 0 Å². The zero-order chi connectivity index (χ0) is 14.6. The Morgan fingerprint density at radius 1 is 1.55 bits per heavy atom. The lowest BCUT2D eigenvalue weighted by atomic mass is 9.87. The Morgan fingerprint density at radius 2 is 2.35 bits per heavy atom. The van der Waals surface area contributed by atoms with Crippen LogP contribution in [0, 0.1) is 16.7 Å². The molecule has 4 heteroatoms. The summed E-state index contributed by atoms with van der Waals surface area (Å²) in [5.74, 6) is 0.375. The van der Waals surface area contributed by atoms with Gasteiger partial charge in [0.1, 0.15) is 6.29 Å². The summed E-state index contributed by atoms with van der Waals surface area (Å²) < 4.78 is 5.67. The van der Waals surface area contributed by atoms with Gasteiger partial charge in [0, 0.05) is 29.7 Å². The van der Waals surface area contributed by atoms with E-state index in [2.05, 4.69) is 17.1 Å². The van der Waals surface area contributed by atoms with Crippen molar-refractivity contribution in [2.75, 3.05) is 6.61 Å². The molecule has 2 aliphatic rings. The first kappa shape index (κ1) is 14.9. The average Bonchev–Trinajstić information content (AvgIpc) is 2.47. The second-order valence-electron chi connectivity index (χ2n) is 6.12. The standard InChI is InChI=1S/C16H22N2O2/c1-16(2,10-19)11-20-15-8-5-13(9-18-15)12-3-6-14(17)7-4-12/h3,5-6,9-10,12,15,17H,4,7-8,11H2,1-2H3. The van der Waals surface area contributed by atoms with Crippen molar-refractivity contribution in [1.82, 2.24) is 0 Å². The Kier molecular flexibility index (Phi) is 4.65. The van der Waals surface area contributed by atoms with Crippen LogP contribution in [-0.2, 0) is 9.53 Å². The first-order valence-electron chi connectivity index (χ1n) is 7.07. The van der Waals surface area contributed by atoms with Crippen molar-refractivity contribution in [1.29, 1.82) is 5.41 Å². The molecule has 2 unspecified atom stereocenters. The quantitative estimate of drug-likeness (QED) is 0.783. The molecule has 0 saturated heterocycles. The number of hydrogen-bond donors (Lipinski definition) is 1. The fourth-order valence-electron chi connectivity index (χ4n) is 2.22. The van der Waals surface area contributed by atoms with Crippen LogP contribution in [0.2, 0.25) is 0 Å². The number of hydrogen-bond acceptors (Lipinski definition) is 4. The van der Waals surface area contributed by atoms with Gasteiger partial charge in [0.25, 0.3) is 0 Å². The number of ether oxygens (including phenoxy) is 1. The largest absolute Gasteiger partial charge is 0.355 e. The van der Waals surface area contributed by atoms with Crippen molar-refractivity contribution in [3.8, 4) is 0 Å². The molecule has 0 radical (unpaired) electrons. The van der Waals surface area contributed by atoms with Gasteiger partial charge in [-0.05, 0) is 24.5 Å². The van der Waals surface area contributed by atoms with Crippen molar-refractivity contribution in [2.24, 2.45) is 16.3 Å². The first-order valence-corrected chi connectivity index (χ1v) is 7.07. The molecule has 2 rings (SSSR count). The van der Waals surface area contributed by atoms with Crippen LogP contribution in [-0.4, -0.2) is 31.0 Å². The number of allylic oxidation sites excluding steroid dienone is 3. The maximum absolute atomic E-state index is 10.8. The number of aliphatic imine (C=N–C) groups is 1. The summed E-state index contributed by atoms with van der Waals surface area (Å²) in [6.45, 7) is 4.10. The summed E-state index contributed by atoms with van der Waals surface area (Å²) in [4.78, 5) is 15.3. The molecule has 20 heavy (non-hydrogen) atoms. The third-order valence-electron chi connectivity index (χ3n) is 3.59. The molecule has 108 valence electrons. The molecule has 1 N–H and O–H groups in total. The van der Waals surface area contributed by atoms with Crippen LogP contribution >= 0.6 is 0 Å². The van der Waals surface area contributed by atoms with Crippen molar-refractivity contribution in [3.05, 3.63) is 23.8 Å². The van der Waals surface area contributed by atoms with E-state index in [1.165, 1.54) is 5.57 Å². The number of carbonyl (C=O) groups is 1. The molecule has 0 aromatic heterocycles. The van der Waals surface area contributed by atoms with Crippen molar-refractivity contribution >= 4 is 18.2 Å². The van der Waals surface area contributed by atoms with Gasteiger partial charge >= 0.3 is 0 Å². The van der Waals surface area contributed by atoms with Gasteiger partial charge in [-0.15, -0.1) is 0 Å². The molecule has 0 saturated carbocycles. The fourth-order valence-corrected chi connectivity index (χ4v) is 2.22. The molecule has 1 aliphatic heterocycles. The molecule has 4 nitrogen and oxygen atoms in total. The average molecular weight is 274 g/mol. The zero-order valence-electron chi connectivity index (χ0n) is 12.1. The third kappa shape index (κ3) is 3.97. The van der Waals surface area contributed by atoms with Gasteiger partial charge in [0.2, 0.25) is 0 Å². The SMILES string of the molecule is CC(C)(C=O)COC1CC=C(C2C=CC(=N)CC2)C=N1. The second-order valence-corrected chi connectivity index (χ2v) is 6.12. The Labute approximate surface area is 120 Å². The van der Waals surface area contributed by atoms with Gasteiger partial charge in [0.05, 0.1) is 6.61 Å². The van der Waals surface area contributed by atoms with Crippen molar-refractivity contribution in [2.45, 2.75) is 39.3 Å². The predicted molar refractivity (Wildman–Crippen MR) is 80.4 cm³/mol. The molecule has 0 fully saturated rings. The predicted octanol–water partition coefficient (Wildman–Crippen LogP) is 2.94. The molecule has 1 aliphatic carbocycles. The highest BCUT2D eigenvalue weighted by molar-refractivity contribution is 5.93. The van der Waals surface area contributed by atoms with Crippen LogP contribution in [0.1, 0.15) is 33.1 Å². The third-order valence-corrected chi connectivity index (χ3v) is 3.59. The highest BCUT2D eigenvalue weighted by Gasteiger charge is 2.22. The van der Waals surface area contributed by atoms with E-state index in [9.17, 15) is 4.79 Å². The van der Waals surface area contributed by atoms with E-state index in [0.717, 1.165) is 25.5 Å².